The number of nitrogens with one attached hydrogen (secondary N) is 1. The topological polar surface area (TPSA) is 83.7 Å². The summed E-state index contributed by atoms with van der Waals surface area (Å²) in [5.74, 6) is 0. The van der Waals surface area contributed by atoms with Gasteiger partial charge in [-0.15, -0.1) is 0 Å². The Balaban J connectivity index is 2.58. The van der Waals surface area contributed by atoms with Crippen molar-refractivity contribution in [2.24, 2.45) is 0 Å². The lowest BCUT2D eigenvalue weighted by atomic mass is 10.1. The Hall–Kier alpha value is -1.15. The minimum absolute atomic E-state index is 0.104. The number of pyridine rings is 1. The number of halogens is 1. The van der Waals surface area contributed by atoms with E-state index in [2.05, 4.69) is 9.71 Å². The van der Waals surface area contributed by atoms with E-state index in [-0.39, 0.29) is 16.8 Å². The van der Waals surface area contributed by atoms with Crippen molar-refractivity contribution in [3.8, 4) is 0 Å². The summed E-state index contributed by atoms with van der Waals surface area (Å²) in [6.07, 6.45) is 1.56. The summed E-state index contributed by atoms with van der Waals surface area (Å²) in [6, 6.07) is 5.07. The molecule has 0 aliphatic heterocycles. The van der Waals surface area contributed by atoms with Crippen molar-refractivity contribution in [2.75, 3.05) is 6.61 Å². The fourth-order valence-electron chi connectivity index (χ4n) is 1.63. The minimum atomic E-state index is -3.89. The largest absolute Gasteiger partial charge is 0.394 e. The highest BCUT2D eigenvalue weighted by atomic mass is 35.5. The van der Waals surface area contributed by atoms with Gasteiger partial charge in [-0.25, -0.2) is 18.1 Å². The maximum atomic E-state index is 12.3. The summed E-state index contributed by atoms with van der Waals surface area (Å²) in [4.78, 5) is 3.98. The highest BCUT2D eigenvalue weighted by molar-refractivity contribution is 7.89. The molecule has 2 aromatic rings. The van der Waals surface area contributed by atoms with Crippen LogP contribution in [-0.4, -0.2) is 35.1 Å². The minimum Gasteiger partial charge on any atom is -0.394 e. The van der Waals surface area contributed by atoms with Crippen LogP contribution in [0.2, 0.25) is 5.15 Å². The number of aromatic nitrogens is 2. The normalized spacial score (nSPS) is 13.1. The molecule has 19 heavy (non-hydrogen) atoms. The molecule has 104 valence electrons. The maximum absolute atomic E-state index is 12.3. The predicted molar refractivity (Wildman–Crippen MR) is 71.7 cm³/mol. The predicted octanol–water partition coefficient (Wildman–Crippen LogP) is 1.04. The van der Waals surface area contributed by atoms with Gasteiger partial charge in [0.05, 0.1) is 12.1 Å². The molecular formula is C11H14ClN3O3S. The molecule has 0 spiro atoms. The van der Waals surface area contributed by atoms with Gasteiger partial charge in [0, 0.05) is 6.20 Å². The van der Waals surface area contributed by atoms with Crippen LogP contribution in [0.3, 0.4) is 0 Å². The molecular weight excluding hydrogens is 290 g/mol. The molecule has 0 aliphatic carbocycles. The van der Waals surface area contributed by atoms with Crippen LogP contribution in [0.1, 0.15) is 13.8 Å². The van der Waals surface area contributed by atoms with Gasteiger partial charge in [0.1, 0.15) is 5.65 Å². The highest BCUT2D eigenvalue weighted by Gasteiger charge is 2.30. The van der Waals surface area contributed by atoms with E-state index < -0.39 is 15.6 Å². The maximum Gasteiger partial charge on any atom is 0.260 e. The smallest absolute Gasteiger partial charge is 0.260 e. The third-order valence-corrected chi connectivity index (χ3v) is 4.60. The van der Waals surface area contributed by atoms with Crippen molar-refractivity contribution in [1.29, 1.82) is 0 Å². The number of aliphatic hydroxyl groups is 1. The van der Waals surface area contributed by atoms with Crippen LogP contribution in [0, 0.1) is 0 Å². The Morgan fingerprint density at radius 2 is 2.16 bits per heavy atom. The van der Waals surface area contributed by atoms with Gasteiger partial charge in [0.15, 0.2) is 10.2 Å². The van der Waals surface area contributed by atoms with Crippen molar-refractivity contribution in [1.82, 2.24) is 14.1 Å². The first-order valence-corrected chi connectivity index (χ1v) is 7.40. The van der Waals surface area contributed by atoms with Gasteiger partial charge < -0.3 is 5.11 Å². The summed E-state index contributed by atoms with van der Waals surface area (Å²) < 4.78 is 28.5. The molecule has 2 N–H and O–H groups in total. The fourth-order valence-corrected chi connectivity index (χ4v) is 3.68. The number of hydrogen-bond donors (Lipinski definition) is 2. The van der Waals surface area contributed by atoms with Crippen LogP contribution in [0.25, 0.3) is 5.65 Å². The number of rotatable bonds is 4. The molecule has 2 aromatic heterocycles. The van der Waals surface area contributed by atoms with Crippen LogP contribution in [0.15, 0.2) is 29.4 Å². The molecule has 2 rings (SSSR count). The zero-order valence-corrected chi connectivity index (χ0v) is 12.0. The molecule has 0 atom stereocenters. The number of fused-ring (bicyclic) bond motifs is 1. The lowest BCUT2D eigenvalue weighted by molar-refractivity contribution is 0.208. The third kappa shape index (κ3) is 2.74. The fraction of sp³-hybridized carbons (Fsp3) is 0.364. The van der Waals surface area contributed by atoms with Crippen molar-refractivity contribution in [3.05, 3.63) is 29.5 Å². The Bertz CT molecular complexity index is 709. The lowest BCUT2D eigenvalue weighted by Gasteiger charge is -2.22. The van der Waals surface area contributed by atoms with Gasteiger partial charge in [0.25, 0.3) is 10.0 Å². The average molecular weight is 304 g/mol. The molecule has 0 aliphatic rings. The number of nitrogens with zero attached hydrogens (tertiary/aromatic N) is 2. The third-order valence-electron chi connectivity index (χ3n) is 2.51. The molecule has 6 nitrogen and oxygen atoms in total. The monoisotopic (exact) mass is 303 g/mol. The van der Waals surface area contributed by atoms with E-state index in [0.29, 0.717) is 5.65 Å². The average Bonchev–Trinajstić information content (AvgIpc) is 2.64. The van der Waals surface area contributed by atoms with E-state index >= 15 is 0 Å². The van der Waals surface area contributed by atoms with E-state index in [9.17, 15) is 8.42 Å². The second-order valence-electron chi connectivity index (χ2n) is 4.78. The molecule has 0 aromatic carbocycles. The summed E-state index contributed by atoms with van der Waals surface area (Å²) >= 11 is 5.91. The molecule has 0 bridgehead atoms. The summed E-state index contributed by atoms with van der Waals surface area (Å²) in [5.41, 5.74) is -0.546. The van der Waals surface area contributed by atoms with Gasteiger partial charge in [-0.1, -0.05) is 17.7 Å². The molecule has 0 fully saturated rings. The highest BCUT2D eigenvalue weighted by Crippen LogP contribution is 2.23. The van der Waals surface area contributed by atoms with Crippen LogP contribution in [0.4, 0.5) is 0 Å². The molecule has 8 heteroatoms. The second-order valence-corrected chi connectivity index (χ2v) is 6.74. The van der Waals surface area contributed by atoms with E-state index in [4.69, 9.17) is 16.7 Å². The van der Waals surface area contributed by atoms with Crippen molar-refractivity contribution in [3.63, 3.8) is 0 Å². The Kier molecular flexibility index (Phi) is 3.57. The van der Waals surface area contributed by atoms with Crippen LogP contribution in [-0.2, 0) is 10.0 Å². The van der Waals surface area contributed by atoms with E-state index in [1.54, 1.807) is 38.2 Å². The molecule has 2 heterocycles. The zero-order chi connectivity index (χ0) is 14.3. The van der Waals surface area contributed by atoms with Gasteiger partial charge in [-0.2, -0.15) is 0 Å². The van der Waals surface area contributed by atoms with Crippen molar-refractivity contribution < 1.29 is 13.5 Å². The standard InChI is InChI=1S/C11H14ClN3O3S/c1-11(2,7-16)14-19(17,18)10-9(12)13-8-5-3-4-6-15(8)10/h3-6,14,16H,7H2,1-2H3. The molecule has 0 unspecified atom stereocenters. The van der Waals surface area contributed by atoms with Crippen LogP contribution < -0.4 is 4.72 Å². The first-order valence-electron chi connectivity index (χ1n) is 5.54. The van der Waals surface area contributed by atoms with Crippen LogP contribution in [0.5, 0.6) is 0 Å². The summed E-state index contributed by atoms with van der Waals surface area (Å²) in [6.45, 7) is 2.81. The SMILES string of the molecule is CC(C)(CO)NS(=O)(=O)c1c(Cl)nc2ccccn12. The Labute approximate surface area is 116 Å². The molecule has 0 radical (unpaired) electrons. The van der Waals surface area contributed by atoms with Gasteiger partial charge in [0.2, 0.25) is 0 Å². The van der Waals surface area contributed by atoms with Crippen molar-refractivity contribution in [2.45, 2.75) is 24.4 Å². The first kappa shape index (κ1) is 14.3. The number of imidazole rings is 1. The van der Waals surface area contributed by atoms with E-state index in [0.717, 1.165) is 0 Å². The Morgan fingerprint density at radius 3 is 2.79 bits per heavy atom. The molecule has 0 amide bonds. The summed E-state index contributed by atoms with van der Waals surface area (Å²) in [7, 11) is -3.89. The van der Waals surface area contributed by atoms with E-state index in [1.807, 2.05) is 0 Å². The van der Waals surface area contributed by atoms with Gasteiger partial charge in [-0.3, -0.25) is 4.40 Å². The number of hydrogen-bond acceptors (Lipinski definition) is 4. The van der Waals surface area contributed by atoms with Gasteiger partial charge >= 0.3 is 0 Å². The van der Waals surface area contributed by atoms with E-state index in [1.165, 1.54) is 4.40 Å². The second kappa shape index (κ2) is 4.75. The lowest BCUT2D eigenvalue weighted by Crippen LogP contribution is -2.46. The zero-order valence-electron chi connectivity index (χ0n) is 10.5. The first-order chi connectivity index (χ1) is 8.77. The van der Waals surface area contributed by atoms with Gasteiger partial charge in [-0.05, 0) is 26.0 Å². The molecule has 0 saturated heterocycles. The Morgan fingerprint density at radius 1 is 1.47 bits per heavy atom. The van der Waals surface area contributed by atoms with Crippen LogP contribution >= 0.6 is 11.6 Å². The number of sulfonamides is 1. The summed E-state index contributed by atoms with van der Waals surface area (Å²) in [5, 5.41) is 8.92. The number of aliphatic hydroxyl groups excluding tert-OH is 1. The quantitative estimate of drug-likeness (QED) is 0.884. The van der Waals surface area contributed by atoms with Crippen molar-refractivity contribution >= 4 is 27.3 Å². The molecule has 0 saturated carbocycles.